The number of aromatic nitrogens is 2. The van der Waals surface area contributed by atoms with Gasteiger partial charge in [0, 0.05) is 6.54 Å². The summed E-state index contributed by atoms with van der Waals surface area (Å²) in [5.74, 6) is 0. The van der Waals surface area contributed by atoms with Gasteiger partial charge in [-0.15, -0.1) is 0 Å². The van der Waals surface area contributed by atoms with E-state index in [1.54, 1.807) is 18.2 Å². The van der Waals surface area contributed by atoms with Crippen molar-refractivity contribution in [2.75, 3.05) is 0 Å². The van der Waals surface area contributed by atoms with Gasteiger partial charge in [-0.05, 0) is 17.7 Å². The number of nitriles is 3. The molecule has 19 heavy (non-hydrogen) atoms. The Hall–Kier alpha value is -3.14. The first-order chi connectivity index (χ1) is 9.24. The number of rotatable bonds is 2. The molecular formula is C13H8N6. The highest BCUT2D eigenvalue weighted by atomic mass is 15.1. The third-order valence-electron chi connectivity index (χ3n) is 2.66. The lowest BCUT2D eigenvalue weighted by atomic mass is 10.1. The van der Waals surface area contributed by atoms with Crippen LogP contribution >= 0.6 is 0 Å². The van der Waals surface area contributed by atoms with Crippen molar-refractivity contribution < 1.29 is 0 Å². The van der Waals surface area contributed by atoms with Crippen LogP contribution in [0, 0.1) is 34.0 Å². The second-order valence-electron chi connectivity index (χ2n) is 3.70. The summed E-state index contributed by atoms with van der Waals surface area (Å²) in [7, 11) is 0. The van der Waals surface area contributed by atoms with Crippen molar-refractivity contribution in [3.05, 3.63) is 47.0 Å². The Morgan fingerprint density at radius 1 is 1.16 bits per heavy atom. The molecule has 2 rings (SSSR count). The van der Waals surface area contributed by atoms with Gasteiger partial charge in [0.1, 0.15) is 24.5 Å². The zero-order chi connectivity index (χ0) is 13.8. The summed E-state index contributed by atoms with van der Waals surface area (Å²) in [5.41, 5.74) is 7.37. The summed E-state index contributed by atoms with van der Waals surface area (Å²) >= 11 is 0. The van der Waals surface area contributed by atoms with Crippen LogP contribution in [-0.4, -0.2) is 9.55 Å². The van der Waals surface area contributed by atoms with E-state index in [-0.39, 0.29) is 11.4 Å². The molecule has 0 saturated carbocycles. The lowest BCUT2D eigenvalue weighted by molar-refractivity contribution is 1.01. The lowest BCUT2D eigenvalue weighted by Crippen LogP contribution is -2.02. The largest absolute Gasteiger partial charge is 0.326 e. The topological polar surface area (TPSA) is 115 Å². The molecule has 1 heterocycles. The predicted molar refractivity (Wildman–Crippen MR) is 65.6 cm³/mol. The molecular weight excluding hydrogens is 240 g/mol. The van der Waals surface area contributed by atoms with Crippen molar-refractivity contribution in [2.24, 2.45) is 5.73 Å². The molecule has 0 atom stereocenters. The average Bonchev–Trinajstić information content (AvgIpc) is 2.89. The first-order valence-electron chi connectivity index (χ1n) is 5.36. The first-order valence-corrected chi connectivity index (χ1v) is 5.36. The van der Waals surface area contributed by atoms with E-state index in [2.05, 4.69) is 11.1 Å². The summed E-state index contributed by atoms with van der Waals surface area (Å²) in [5, 5.41) is 27.1. The Bertz CT molecular complexity index is 751. The molecule has 1 aromatic heterocycles. The number of imidazole rings is 1. The van der Waals surface area contributed by atoms with E-state index in [1.807, 2.05) is 12.1 Å². The van der Waals surface area contributed by atoms with E-state index >= 15 is 0 Å². The number of benzene rings is 1. The molecule has 0 spiro atoms. The van der Waals surface area contributed by atoms with Crippen LogP contribution in [0.2, 0.25) is 0 Å². The highest BCUT2D eigenvalue weighted by molar-refractivity contribution is 5.54. The maximum atomic E-state index is 9.15. The predicted octanol–water partition coefficient (Wildman–Crippen LogP) is 0.946. The molecule has 90 valence electrons. The molecule has 0 aliphatic carbocycles. The molecule has 0 fully saturated rings. The van der Waals surface area contributed by atoms with Crippen LogP contribution < -0.4 is 5.73 Å². The van der Waals surface area contributed by atoms with Gasteiger partial charge in [-0.2, -0.15) is 15.8 Å². The second-order valence-corrected chi connectivity index (χ2v) is 3.70. The van der Waals surface area contributed by atoms with Crippen molar-refractivity contribution in [1.29, 1.82) is 15.8 Å². The molecule has 0 aliphatic rings. The van der Waals surface area contributed by atoms with Crippen molar-refractivity contribution in [3.63, 3.8) is 0 Å². The molecule has 2 aromatic rings. The van der Waals surface area contributed by atoms with Gasteiger partial charge < -0.3 is 5.73 Å². The fourth-order valence-electron chi connectivity index (χ4n) is 1.73. The molecule has 2 N–H and O–H groups in total. The van der Waals surface area contributed by atoms with E-state index in [1.165, 1.54) is 10.9 Å². The van der Waals surface area contributed by atoms with Gasteiger partial charge in [0.15, 0.2) is 11.4 Å². The number of nitrogens with zero attached hydrogens (tertiary/aromatic N) is 5. The van der Waals surface area contributed by atoms with E-state index in [9.17, 15) is 0 Å². The Kier molecular flexibility index (Phi) is 3.25. The van der Waals surface area contributed by atoms with E-state index in [0.29, 0.717) is 17.8 Å². The molecule has 6 heteroatoms. The van der Waals surface area contributed by atoms with Crippen LogP contribution in [0.25, 0.3) is 5.69 Å². The Morgan fingerprint density at radius 3 is 2.53 bits per heavy atom. The fraction of sp³-hybridized carbons (Fsp3) is 0.0769. The Balaban J connectivity index is 2.68. The van der Waals surface area contributed by atoms with Gasteiger partial charge in [-0.1, -0.05) is 6.07 Å². The minimum Gasteiger partial charge on any atom is -0.326 e. The summed E-state index contributed by atoms with van der Waals surface area (Å²) in [4.78, 5) is 3.85. The standard InChI is InChI=1S/C13H8N6/c14-4-9-1-2-12(10(3-9)5-15)19-8-18-11(6-16)13(19)7-17/h1-3,8H,4,14H2. The summed E-state index contributed by atoms with van der Waals surface area (Å²) < 4.78 is 1.43. The van der Waals surface area contributed by atoms with Crippen molar-refractivity contribution in [2.45, 2.75) is 6.54 Å². The van der Waals surface area contributed by atoms with Gasteiger partial charge in [-0.25, -0.2) is 4.98 Å². The third-order valence-corrected chi connectivity index (χ3v) is 2.66. The first kappa shape index (κ1) is 12.3. The van der Waals surface area contributed by atoms with Gasteiger partial charge in [0.25, 0.3) is 0 Å². The van der Waals surface area contributed by atoms with Gasteiger partial charge in [-0.3, -0.25) is 4.57 Å². The van der Waals surface area contributed by atoms with Crippen LogP contribution in [-0.2, 0) is 6.54 Å². The monoisotopic (exact) mass is 248 g/mol. The van der Waals surface area contributed by atoms with Crippen LogP contribution in [0.4, 0.5) is 0 Å². The minimum atomic E-state index is 0.0364. The van der Waals surface area contributed by atoms with Crippen molar-refractivity contribution in [3.8, 4) is 23.9 Å². The lowest BCUT2D eigenvalue weighted by Gasteiger charge is -2.07. The van der Waals surface area contributed by atoms with E-state index < -0.39 is 0 Å². The zero-order valence-electron chi connectivity index (χ0n) is 9.83. The van der Waals surface area contributed by atoms with Crippen molar-refractivity contribution in [1.82, 2.24) is 9.55 Å². The average molecular weight is 248 g/mol. The molecule has 6 nitrogen and oxygen atoms in total. The van der Waals surface area contributed by atoms with Gasteiger partial charge in [0.05, 0.1) is 11.3 Å². The molecule has 0 radical (unpaired) electrons. The summed E-state index contributed by atoms with van der Waals surface area (Å²) in [6.07, 6.45) is 1.36. The fourth-order valence-corrected chi connectivity index (χ4v) is 1.73. The highest BCUT2D eigenvalue weighted by Crippen LogP contribution is 2.19. The van der Waals surface area contributed by atoms with E-state index in [0.717, 1.165) is 5.56 Å². The van der Waals surface area contributed by atoms with Crippen LogP contribution in [0.1, 0.15) is 22.5 Å². The van der Waals surface area contributed by atoms with Gasteiger partial charge in [0.2, 0.25) is 0 Å². The number of nitrogens with two attached hydrogens (primary N) is 1. The molecule has 0 bridgehead atoms. The zero-order valence-corrected chi connectivity index (χ0v) is 9.83. The SMILES string of the molecule is N#Cc1cc(CN)ccc1-n1cnc(C#N)c1C#N. The van der Waals surface area contributed by atoms with Crippen molar-refractivity contribution >= 4 is 0 Å². The van der Waals surface area contributed by atoms with Crippen LogP contribution in [0.3, 0.4) is 0 Å². The molecule has 0 aliphatic heterocycles. The highest BCUT2D eigenvalue weighted by Gasteiger charge is 2.14. The van der Waals surface area contributed by atoms with Crippen LogP contribution in [0.15, 0.2) is 24.5 Å². The molecule has 0 amide bonds. The normalized spacial score (nSPS) is 9.37. The summed E-state index contributed by atoms with van der Waals surface area (Å²) in [6, 6.07) is 10.9. The Labute approximate surface area is 109 Å². The molecule has 1 aromatic carbocycles. The number of hydrogen-bond acceptors (Lipinski definition) is 5. The van der Waals surface area contributed by atoms with E-state index in [4.69, 9.17) is 21.5 Å². The maximum Gasteiger partial charge on any atom is 0.177 e. The summed E-state index contributed by atoms with van der Waals surface area (Å²) in [6.45, 7) is 0.327. The molecule has 0 saturated heterocycles. The molecule has 0 unspecified atom stereocenters. The smallest absolute Gasteiger partial charge is 0.177 e. The van der Waals surface area contributed by atoms with Crippen LogP contribution in [0.5, 0.6) is 0 Å². The maximum absolute atomic E-state index is 9.15. The number of hydrogen-bond donors (Lipinski definition) is 1. The quantitative estimate of drug-likeness (QED) is 0.849. The minimum absolute atomic E-state index is 0.0364. The Morgan fingerprint density at radius 2 is 1.95 bits per heavy atom. The third kappa shape index (κ3) is 2.02. The van der Waals surface area contributed by atoms with Gasteiger partial charge >= 0.3 is 0 Å². The second kappa shape index (κ2) is 5.01.